The summed E-state index contributed by atoms with van der Waals surface area (Å²) in [6.07, 6.45) is 47.9. The van der Waals surface area contributed by atoms with Gasteiger partial charge in [0.2, 0.25) is 0 Å². The SMILES string of the molecule is C=C1CC[C@H]2[C@@H]3[C@@H](O)[C@H](O)[C@H]4Cc5nccnc5C[C@]4(C)[C@H]3CC[C@]12C.C=C1CC[C@H]2[C@@H]3[C@H]4OC(C)(C)O[C@@H]4[C@H]4CC(=O)CC[C@]4(C)[C@H]3CC[C@]12C.C=C1CC[C@H]2[C@@H]3[C@H]4OC(C)(C)O[C@@H]4[C@H]4Cc5nccnc5C[C@]4(C)[C@H]3CC[C@]12C.C=C1CC[C@H]2[C@H](C=O)[C@@H]([C@@]3(C)Cc4nccnc4C[C@@H]3C=O)CC[C@]12C.C=C1CC[C@H]2[C@H](CO)[C@@H]([C@@]3(C)Cc4nccnc4C[C@@H]3CO)CC[C@]12C.[B].[H-].[Na+].[Na+].[O-][I+3]([O-])([O-])[O-]. The number of aliphatic hydroxyl groups excluding tert-OH is 4. The van der Waals surface area contributed by atoms with Crippen molar-refractivity contribution in [3.8, 4) is 0 Å². The molecule has 2 saturated heterocycles. The van der Waals surface area contributed by atoms with E-state index in [0.717, 1.165) is 175 Å². The van der Waals surface area contributed by atoms with E-state index in [4.69, 9.17) is 42.7 Å². The van der Waals surface area contributed by atoms with Gasteiger partial charge in [-0.25, -0.2) is 0 Å². The van der Waals surface area contributed by atoms with Crippen molar-refractivity contribution in [2.75, 3.05) is 13.2 Å². The van der Waals surface area contributed by atoms with Crippen LogP contribution in [0.25, 0.3) is 0 Å². The molecule has 757 valence electrons. The maximum atomic E-state index is 12.3. The Morgan fingerprint density at radius 2 is 0.681 bits per heavy atom. The molecule has 4 aromatic rings. The van der Waals surface area contributed by atoms with Crippen molar-refractivity contribution in [2.24, 2.45) is 173 Å². The zero-order valence-electron chi connectivity index (χ0n) is 88.5. The molecule has 36 atom stereocenters. The molecule has 2 aliphatic heterocycles. The monoisotopic (exact) mass is 2060 g/mol. The second-order valence-electron chi connectivity index (χ2n) is 50.9. The molecule has 24 rings (SSSR count). The minimum absolute atomic E-state index is 0. The van der Waals surface area contributed by atoms with Crippen LogP contribution < -0.4 is 93.0 Å². The molecule has 141 heavy (non-hydrogen) atoms. The van der Waals surface area contributed by atoms with Crippen molar-refractivity contribution in [3.63, 3.8) is 0 Å². The fourth-order valence-corrected chi connectivity index (χ4v) is 36.5. The van der Waals surface area contributed by atoms with Crippen molar-refractivity contribution in [2.45, 2.75) is 344 Å². The molecule has 20 aliphatic rings. The molecule has 23 nitrogen and oxygen atoms in total. The summed E-state index contributed by atoms with van der Waals surface area (Å²) in [5.41, 5.74) is 16.6. The van der Waals surface area contributed by atoms with Crippen molar-refractivity contribution in [1.29, 1.82) is 0 Å². The molecular formula is C114H159BIN8Na2O15. The van der Waals surface area contributed by atoms with Crippen LogP contribution in [0.4, 0.5) is 0 Å². The standard InChI is InChI=1S/C25H34N2O2.C23H34O3.C22H30N2O2.C22H32N2O2.C22H28N2O2.B.IO4.2Na.H/c1-14-6-7-15-20-16(8-9-24(14,15)4)25(5)13-19-18(26-10-11-27-19)12-17(25)21-22(20)29-23(2,3)28-21;1-13-6-7-15-18-16(9-11-22(13,15)4)23(5)10-8-14(24)12-17(23)19-20(18)26-21(2,3)25-19;1-12-4-5-13-18-14(6-7-21(12,13)2)22(3)11-17-16(23-8-9-24-17)10-15(22)19(25)20(18)26;2*1-14-4-5-17-16(13-26)18(6-7-21(14,17)2)22(3)11-20-19(10-15(22)12-25)23-8-9-24-20;;2-1(3,4)5;;;/h10-11,15-17,20-22H,1,6-9,12-13H2,2-5H3;15-20H,1,6-12H2,2-5H3;8-9,13-15,18-20,25-26H,1,4-7,10-11H2,2-3H3;8-9,15-18,25-26H,1,4-7,10-13H2,2-3H3;8-9,12-13,15-18H,1,4-7,10-11H2,2-3H3;;;;;/q;;;;;;-1;2*+1;-1/t15-,16-,17+,20-,21+,22+,24+,25+;15-,16-,17+,18-,19+,20+,22+,23+;13-,14-,15+,18-,19+,20+,21+,22+;2*15-,16+,17+,18+,21-,22+;;;;;/m00011...../s1. The predicted molar refractivity (Wildman–Crippen MR) is 518 cm³/mol. The van der Waals surface area contributed by atoms with Gasteiger partial charge >= 0.3 is 59.1 Å². The van der Waals surface area contributed by atoms with E-state index in [1.807, 2.05) is 12.4 Å². The Labute approximate surface area is 892 Å². The Bertz CT molecular complexity index is 5390. The van der Waals surface area contributed by atoms with Gasteiger partial charge in [-0.1, -0.05) is 130 Å². The van der Waals surface area contributed by atoms with Gasteiger partial charge in [0, 0.05) is 108 Å². The number of carbonyl (C=O) groups is 3. The molecule has 0 unspecified atom stereocenters. The topological polar surface area (TPSA) is 364 Å². The normalized spacial score (nSPS) is 45.5. The van der Waals surface area contributed by atoms with Crippen LogP contribution >= 0.6 is 0 Å². The number of aliphatic hydroxyl groups is 4. The van der Waals surface area contributed by atoms with Gasteiger partial charge in [-0.05, 0) is 362 Å². The maximum Gasteiger partial charge on any atom is 1.00 e. The summed E-state index contributed by atoms with van der Waals surface area (Å²) in [6.45, 7) is 54.5. The molecule has 0 aromatic carbocycles. The Kier molecular flexibility index (Phi) is 31.3. The fraction of sp³-hybridized carbons (Fsp3) is 0.746. The van der Waals surface area contributed by atoms with Crippen LogP contribution in [0.2, 0.25) is 0 Å². The average molecular weight is 2070 g/mol. The van der Waals surface area contributed by atoms with E-state index in [0.29, 0.717) is 95.6 Å². The number of aromatic nitrogens is 8. The smallest absolute Gasteiger partial charge is 1.00 e. The quantitative estimate of drug-likeness (QED) is 0.0821. The first-order chi connectivity index (χ1) is 65.1. The molecule has 3 radical (unpaired) electrons. The predicted octanol–water partition coefficient (Wildman–Crippen LogP) is 5.32. The van der Waals surface area contributed by atoms with Gasteiger partial charge in [-0.3, -0.25) is 58.4 Å². The Morgan fingerprint density at radius 1 is 0.355 bits per heavy atom. The molecule has 6 heterocycles. The Balaban J connectivity index is 0.000000131. The summed E-state index contributed by atoms with van der Waals surface area (Å²) >= 11 is -5.94. The van der Waals surface area contributed by atoms with Gasteiger partial charge in [0.1, 0.15) is 38.4 Å². The number of hydrogen-bond donors (Lipinski definition) is 4. The molecule has 4 N–H and O–H groups in total. The summed E-state index contributed by atoms with van der Waals surface area (Å²) in [5, 5.41) is 42.9. The van der Waals surface area contributed by atoms with Crippen LogP contribution in [-0.2, 0) is 84.7 Å². The van der Waals surface area contributed by atoms with E-state index in [9.17, 15) is 34.8 Å². The molecule has 4 aromatic heterocycles. The van der Waals surface area contributed by atoms with Crippen molar-refractivity contribution >= 4 is 26.8 Å². The summed E-state index contributed by atoms with van der Waals surface area (Å²) in [5.74, 6) is 6.88. The summed E-state index contributed by atoms with van der Waals surface area (Å²) in [4.78, 5) is 73.3. The summed E-state index contributed by atoms with van der Waals surface area (Å²) in [6, 6.07) is 0. The van der Waals surface area contributed by atoms with Crippen molar-refractivity contribution < 1.29 is 148 Å². The zero-order chi connectivity index (χ0) is 98.5. The second-order valence-corrected chi connectivity index (χ2v) is 53.0. The van der Waals surface area contributed by atoms with Crippen LogP contribution in [0, 0.1) is 173 Å². The van der Waals surface area contributed by atoms with Crippen LogP contribution in [-0.4, -0.2) is 148 Å². The minimum Gasteiger partial charge on any atom is -1.00 e. The molecule has 0 bridgehead atoms. The van der Waals surface area contributed by atoms with Gasteiger partial charge < -0.3 is 50.4 Å². The third-order valence-electron chi connectivity index (χ3n) is 44.6. The average Bonchev–Trinajstić information content (AvgIpc) is 1.39. The minimum atomic E-state index is -5.94. The van der Waals surface area contributed by atoms with E-state index >= 15 is 0 Å². The van der Waals surface area contributed by atoms with Crippen LogP contribution in [0.3, 0.4) is 0 Å². The largest absolute Gasteiger partial charge is 1.00 e. The molecule has 0 spiro atoms. The number of Topliss-reactive ketones (excluding diaryl/α,β-unsaturated/α-hetero) is 1. The number of nitrogens with zero attached hydrogens (tertiary/aromatic N) is 8. The third kappa shape index (κ3) is 18.4. The van der Waals surface area contributed by atoms with Crippen LogP contribution in [0.15, 0.2) is 110 Å². The van der Waals surface area contributed by atoms with Crippen LogP contribution in [0.1, 0.15) is 292 Å². The number of allylic oxidation sites excluding steroid dienone is 5. The van der Waals surface area contributed by atoms with Gasteiger partial charge in [-0.2, -0.15) is 0 Å². The number of hydrogen-bond acceptors (Lipinski definition) is 23. The Morgan fingerprint density at radius 3 is 1.11 bits per heavy atom. The molecule has 16 fully saturated rings. The fourth-order valence-electron chi connectivity index (χ4n) is 36.5. The third-order valence-corrected chi connectivity index (χ3v) is 44.6. The van der Waals surface area contributed by atoms with E-state index in [2.05, 4.69) is 160 Å². The van der Waals surface area contributed by atoms with E-state index in [-0.39, 0.29) is 202 Å². The number of halogens is 1. The molecular weight excluding hydrogens is 1900 g/mol. The van der Waals surface area contributed by atoms with Gasteiger partial charge in [0.05, 0.1) is 82.2 Å². The van der Waals surface area contributed by atoms with Gasteiger partial charge in [0.25, 0.3) is 0 Å². The molecule has 0 amide bonds. The zero-order valence-corrected chi connectivity index (χ0v) is 93.6. The number of rotatable bonds is 6. The number of carbonyl (C=O) groups excluding carboxylic acids is 3. The Hall–Kier alpha value is -3.66. The van der Waals surface area contributed by atoms with Gasteiger partial charge in [0.15, 0.2) is 11.6 Å². The molecule has 18 aliphatic carbocycles. The number of ether oxygens (including phenoxy) is 4. The first-order valence-electron chi connectivity index (χ1n) is 53.0. The first kappa shape index (κ1) is 110. The number of fused-ring (bicyclic) bond motifs is 27. The number of aldehydes is 2. The molecule has 27 heteroatoms. The van der Waals surface area contributed by atoms with E-state index in [1.165, 1.54) is 96.9 Å². The second kappa shape index (κ2) is 40.2. The van der Waals surface area contributed by atoms with Crippen LogP contribution in [0.5, 0.6) is 0 Å². The van der Waals surface area contributed by atoms with Crippen molar-refractivity contribution in [1.82, 2.24) is 39.9 Å². The first-order valence-corrected chi connectivity index (χ1v) is 56.5. The van der Waals surface area contributed by atoms with Crippen molar-refractivity contribution in [3.05, 3.63) is 156 Å². The number of ketones is 1. The summed E-state index contributed by atoms with van der Waals surface area (Å²) in [7, 11) is 0. The maximum absolute atomic E-state index is 12.3. The summed E-state index contributed by atoms with van der Waals surface area (Å²) < 4.78 is 60.9. The van der Waals surface area contributed by atoms with E-state index < -0.39 is 43.9 Å². The van der Waals surface area contributed by atoms with Gasteiger partial charge in [-0.15, -0.1) is 0 Å². The van der Waals surface area contributed by atoms with E-state index in [1.54, 1.807) is 37.2 Å². The molecule has 14 saturated carbocycles.